The Morgan fingerprint density at radius 3 is 2.15 bits per heavy atom. The zero-order valence-corrected chi connectivity index (χ0v) is 12.7. The van der Waals surface area contributed by atoms with Crippen LogP contribution in [-0.4, -0.2) is 19.8 Å². The van der Waals surface area contributed by atoms with Crippen molar-refractivity contribution in [2.45, 2.75) is 12.3 Å². The molecule has 2 aromatic carbocycles. The fourth-order valence-corrected chi connectivity index (χ4v) is 3.15. The third-order valence-corrected chi connectivity index (χ3v) is 5.01. The van der Waals surface area contributed by atoms with Crippen LogP contribution in [0.25, 0.3) is 0 Å². The summed E-state index contributed by atoms with van der Waals surface area (Å²) >= 11 is 5.79. The van der Waals surface area contributed by atoms with Crippen LogP contribution in [0.2, 0.25) is 5.02 Å². The monoisotopic (exact) mass is 309 g/mol. The number of hydrogen-bond acceptors (Lipinski definition) is 2. The van der Waals surface area contributed by atoms with Crippen LogP contribution in [0.15, 0.2) is 54.6 Å². The molecule has 0 amide bonds. The van der Waals surface area contributed by atoms with E-state index in [4.69, 9.17) is 11.6 Å². The summed E-state index contributed by atoms with van der Waals surface area (Å²) < 4.78 is 25.9. The minimum atomic E-state index is -3.33. The van der Waals surface area contributed by atoms with Crippen molar-refractivity contribution in [3.8, 4) is 0 Å². The van der Waals surface area contributed by atoms with Crippen molar-refractivity contribution >= 4 is 21.6 Å². The fourth-order valence-electron chi connectivity index (χ4n) is 1.84. The maximum Gasteiger partial charge on any atom is 0.218 e. The SMILES string of the molecule is CN(Cc1ccccc1)S(=O)(=O)Cc1ccc(Cl)cc1. The molecule has 0 aromatic heterocycles. The van der Waals surface area contributed by atoms with Gasteiger partial charge in [0.05, 0.1) is 5.75 Å². The van der Waals surface area contributed by atoms with E-state index >= 15 is 0 Å². The van der Waals surface area contributed by atoms with Gasteiger partial charge in [-0.15, -0.1) is 0 Å². The smallest absolute Gasteiger partial charge is 0.212 e. The van der Waals surface area contributed by atoms with E-state index in [0.717, 1.165) is 11.1 Å². The molecule has 0 saturated carbocycles. The van der Waals surface area contributed by atoms with Crippen LogP contribution in [0.5, 0.6) is 0 Å². The zero-order valence-electron chi connectivity index (χ0n) is 11.2. The predicted molar refractivity (Wildman–Crippen MR) is 82.0 cm³/mol. The molecule has 0 fully saturated rings. The van der Waals surface area contributed by atoms with E-state index in [1.807, 2.05) is 30.3 Å². The van der Waals surface area contributed by atoms with Crippen molar-refractivity contribution in [1.29, 1.82) is 0 Å². The van der Waals surface area contributed by atoms with Gasteiger partial charge in [0.25, 0.3) is 0 Å². The average Bonchev–Trinajstić information content (AvgIpc) is 2.42. The van der Waals surface area contributed by atoms with Gasteiger partial charge in [0.15, 0.2) is 0 Å². The average molecular weight is 310 g/mol. The van der Waals surface area contributed by atoms with Crippen molar-refractivity contribution in [3.05, 3.63) is 70.7 Å². The normalized spacial score (nSPS) is 11.8. The van der Waals surface area contributed by atoms with Crippen LogP contribution in [0.1, 0.15) is 11.1 Å². The van der Waals surface area contributed by atoms with E-state index in [2.05, 4.69) is 0 Å². The molecule has 5 heteroatoms. The Balaban J connectivity index is 2.08. The largest absolute Gasteiger partial charge is 0.218 e. The van der Waals surface area contributed by atoms with E-state index in [-0.39, 0.29) is 5.75 Å². The predicted octanol–water partition coefficient (Wildman–Crippen LogP) is 3.30. The van der Waals surface area contributed by atoms with Gasteiger partial charge in [-0.2, -0.15) is 0 Å². The zero-order chi connectivity index (χ0) is 14.6. The van der Waals surface area contributed by atoms with E-state index in [1.165, 1.54) is 4.31 Å². The number of halogens is 1. The number of hydrogen-bond donors (Lipinski definition) is 0. The van der Waals surface area contributed by atoms with Crippen LogP contribution in [-0.2, 0) is 22.3 Å². The highest BCUT2D eigenvalue weighted by Crippen LogP contribution is 2.15. The Bertz CT molecular complexity index is 654. The van der Waals surface area contributed by atoms with Gasteiger partial charge in [0.1, 0.15) is 0 Å². The summed E-state index contributed by atoms with van der Waals surface area (Å²) in [6.07, 6.45) is 0. The number of nitrogens with zero attached hydrogens (tertiary/aromatic N) is 1. The van der Waals surface area contributed by atoms with Gasteiger partial charge in [-0.3, -0.25) is 0 Å². The summed E-state index contributed by atoms with van der Waals surface area (Å²) in [5.41, 5.74) is 1.70. The molecule has 0 aliphatic heterocycles. The Hall–Kier alpha value is -1.36. The summed E-state index contributed by atoms with van der Waals surface area (Å²) in [7, 11) is -1.74. The van der Waals surface area contributed by atoms with Gasteiger partial charge in [-0.25, -0.2) is 12.7 Å². The van der Waals surface area contributed by atoms with Crippen molar-refractivity contribution in [3.63, 3.8) is 0 Å². The van der Waals surface area contributed by atoms with E-state index < -0.39 is 10.0 Å². The Kier molecular flexibility index (Phi) is 4.81. The van der Waals surface area contributed by atoms with Gasteiger partial charge in [0, 0.05) is 18.6 Å². The Morgan fingerprint density at radius 1 is 0.950 bits per heavy atom. The number of rotatable bonds is 5. The van der Waals surface area contributed by atoms with Crippen molar-refractivity contribution < 1.29 is 8.42 Å². The lowest BCUT2D eigenvalue weighted by Crippen LogP contribution is -2.27. The highest BCUT2D eigenvalue weighted by Gasteiger charge is 2.18. The highest BCUT2D eigenvalue weighted by atomic mass is 35.5. The first-order chi connectivity index (χ1) is 9.47. The lowest BCUT2D eigenvalue weighted by molar-refractivity contribution is 0.466. The molecule has 2 aromatic rings. The molecule has 0 radical (unpaired) electrons. The van der Waals surface area contributed by atoms with Crippen LogP contribution in [0.3, 0.4) is 0 Å². The number of sulfonamides is 1. The molecular weight excluding hydrogens is 294 g/mol. The Morgan fingerprint density at radius 2 is 1.55 bits per heavy atom. The molecule has 0 aliphatic carbocycles. The number of benzene rings is 2. The minimum Gasteiger partial charge on any atom is -0.212 e. The molecule has 0 heterocycles. The molecule has 20 heavy (non-hydrogen) atoms. The van der Waals surface area contributed by atoms with E-state index in [9.17, 15) is 8.42 Å². The summed E-state index contributed by atoms with van der Waals surface area (Å²) in [6, 6.07) is 16.4. The maximum atomic E-state index is 12.3. The van der Waals surface area contributed by atoms with Crippen LogP contribution >= 0.6 is 11.6 Å². The second-order valence-corrected chi connectivity index (χ2v) is 7.14. The van der Waals surface area contributed by atoms with Crippen LogP contribution in [0.4, 0.5) is 0 Å². The van der Waals surface area contributed by atoms with Crippen molar-refractivity contribution in [1.82, 2.24) is 4.31 Å². The first kappa shape index (κ1) is 15.0. The molecular formula is C15H16ClNO2S. The van der Waals surface area contributed by atoms with Gasteiger partial charge in [-0.1, -0.05) is 54.1 Å². The van der Waals surface area contributed by atoms with Crippen LogP contribution in [0, 0.1) is 0 Å². The van der Waals surface area contributed by atoms with Gasteiger partial charge in [-0.05, 0) is 23.3 Å². The molecule has 0 bridgehead atoms. The summed E-state index contributed by atoms with van der Waals surface area (Å²) in [4.78, 5) is 0. The maximum absolute atomic E-state index is 12.3. The van der Waals surface area contributed by atoms with E-state index in [0.29, 0.717) is 11.6 Å². The molecule has 2 rings (SSSR count). The highest BCUT2D eigenvalue weighted by molar-refractivity contribution is 7.88. The molecule has 0 saturated heterocycles. The summed E-state index contributed by atoms with van der Waals surface area (Å²) in [5, 5.41) is 0.601. The molecule has 3 nitrogen and oxygen atoms in total. The topological polar surface area (TPSA) is 37.4 Å². The van der Waals surface area contributed by atoms with Crippen LogP contribution < -0.4 is 0 Å². The van der Waals surface area contributed by atoms with Gasteiger partial charge in [0.2, 0.25) is 10.0 Å². The van der Waals surface area contributed by atoms with E-state index in [1.54, 1.807) is 31.3 Å². The van der Waals surface area contributed by atoms with Gasteiger partial charge < -0.3 is 0 Å². The molecule has 106 valence electrons. The summed E-state index contributed by atoms with van der Waals surface area (Å²) in [6.45, 7) is 0.372. The molecule has 0 atom stereocenters. The Labute approximate surface area is 124 Å². The third kappa shape index (κ3) is 4.07. The first-order valence-electron chi connectivity index (χ1n) is 6.20. The second kappa shape index (κ2) is 6.39. The second-order valence-electron chi connectivity index (χ2n) is 4.62. The molecule has 0 N–H and O–H groups in total. The lowest BCUT2D eigenvalue weighted by atomic mass is 10.2. The fraction of sp³-hybridized carbons (Fsp3) is 0.200. The standard InChI is InChI=1S/C15H16ClNO2S/c1-17(11-13-5-3-2-4-6-13)20(18,19)12-14-7-9-15(16)10-8-14/h2-10H,11-12H2,1H3. The molecule has 0 aliphatic rings. The van der Waals surface area contributed by atoms with Gasteiger partial charge >= 0.3 is 0 Å². The third-order valence-electron chi connectivity index (χ3n) is 2.99. The quantitative estimate of drug-likeness (QED) is 0.850. The lowest BCUT2D eigenvalue weighted by Gasteiger charge is -2.17. The van der Waals surface area contributed by atoms with Crippen molar-refractivity contribution in [2.75, 3.05) is 7.05 Å². The molecule has 0 unspecified atom stereocenters. The summed E-state index contributed by atoms with van der Waals surface area (Å²) in [5.74, 6) is -0.0203. The van der Waals surface area contributed by atoms with Crippen molar-refractivity contribution in [2.24, 2.45) is 0 Å². The molecule has 0 spiro atoms. The first-order valence-corrected chi connectivity index (χ1v) is 8.18. The minimum absolute atomic E-state index is 0.0203.